The predicted molar refractivity (Wildman–Crippen MR) is 29.9 cm³/mol. The SMILES string of the molecule is [F-].[Li][P+]([Li])([Li])[Li]. The molecule has 0 aliphatic rings. The number of hydrogen-bond donors (Lipinski definition) is 0. The Morgan fingerprint density at radius 3 is 0.833 bits per heavy atom. The van der Waals surface area contributed by atoms with Crippen LogP contribution in [0.15, 0.2) is 0 Å². The molecule has 0 aromatic carbocycles. The summed E-state index contributed by atoms with van der Waals surface area (Å²) in [6, 6.07) is 0. The summed E-state index contributed by atoms with van der Waals surface area (Å²) < 4.78 is -0.389. The van der Waals surface area contributed by atoms with E-state index in [2.05, 4.69) is 69.0 Å². The Bertz CT molecular complexity index is 23.0. The van der Waals surface area contributed by atoms with Crippen molar-refractivity contribution in [2.75, 3.05) is 0 Å². The standard InChI is InChI=1S/FH.4Li.P/h1H;;;;;/q;;;;;+1/p-1. The Hall–Kier alpha value is 2.75. The molecule has 0 spiro atoms. The zero-order valence-electron chi connectivity index (χ0n) is 4.83. The van der Waals surface area contributed by atoms with Gasteiger partial charge in [-0.05, 0) is 0 Å². The van der Waals surface area contributed by atoms with E-state index in [-0.39, 0.29) is 5.66 Å². The zero-order chi connectivity index (χ0) is 4.50. The van der Waals surface area contributed by atoms with E-state index in [0.29, 0.717) is 0 Å². The van der Waals surface area contributed by atoms with E-state index >= 15 is 0 Å². The van der Waals surface area contributed by atoms with Gasteiger partial charge < -0.3 is 4.70 Å². The van der Waals surface area contributed by atoms with Crippen LogP contribution in [-0.4, -0.2) is 69.0 Å². The fourth-order valence-electron chi connectivity index (χ4n) is 0. The van der Waals surface area contributed by atoms with E-state index in [1.807, 2.05) is 0 Å². The van der Waals surface area contributed by atoms with Crippen LogP contribution in [0.1, 0.15) is 0 Å². The van der Waals surface area contributed by atoms with Crippen LogP contribution in [0.4, 0.5) is 0 Å². The Morgan fingerprint density at radius 2 is 0.833 bits per heavy atom. The Morgan fingerprint density at radius 1 is 0.833 bits per heavy atom. The molecule has 0 saturated carbocycles. The molecule has 0 fully saturated rings. The molecular formula is FLi4P. The fraction of sp³-hybridized carbons (Fsp3) is 0. The van der Waals surface area contributed by atoms with Crippen LogP contribution in [0.3, 0.4) is 0 Å². The van der Waals surface area contributed by atoms with Crippen molar-refractivity contribution in [3.8, 4) is 0 Å². The van der Waals surface area contributed by atoms with Crippen LogP contribution in [0.2, 0.25) is 0 Å². The third kappa shape index (κ3) is 29.5. The summed E-state index contributed by atoms with van der Waals surface area (Å²) in [7, 11) is 0. The Kier molecular flexibility index (Phi) is 8.87. The summed E-state index contributed by atoms with van der Waals surface area (Å²) in [6.45, 7) is 0. The number of hydrogen-bond acceptors (Lipinski definition) is 0. The van der Waals surface area contributed by atoms with Crippen molar-refractivity contribution < 1.29 is 4.70 Å². The monoisotopic (exact) mass is 78.0 g/mol. The van der Waals surface area contributed by atoms with Crippen molar-refractivity contribution in [1.29, 1.82) is 0 Å². The van der Waals surface area contributed by atoms with Crippen LogP contribution >= 0.6 is 0.960 Å². The van der Waals surface area contributed by atoms with Crippen LogP contribution in [0.5, 0.6) is 0 Å². The van der Waals surface area contributed by atoms with Crippen molar-refractivity contribution in [2.45, 2.75) is 0 Å². The Balaban J connectivity index is 0. The van der Waals surface area contributed by atoms with Crippen molar-refractivity contribution in [3.05, 3.63) is 0 Å². The fourth-order valence-corrected chi connectivity index (χ4v) is 0. The van der Waals surface area contributed by atoms with Gasteiger partial charge in [0.2, 0.25) is 0 Å². The van der Waals surface area contributed by atoms with Gasteiger partial charge in [0.15, 0.2) is 0 Å². The first-order valence-corrected chi connectivity index (χ1v) is 5.37. The van der Waals surface area contributed by atoms with Gasteiger partial charge in [0, 0.05) is 0 Å². The molecule has 0 bridgehead atoms. The van der Waals surface area contributed by atoms with Crippen molar-refractivity contribution in [3.63, 3.8) is 0 Å². The molecule has 0 radical (unpaired) electrons. The molecule has 0 aromatic heterocycles. The Labute approximate surface area is 73.6 Å². The average Bonchev–Trinajstić information content (AvgIpc) is 0.722. The molecule has 0 aromatic rings. The van der Waals surface area contributed by atoms with E-state index in [9.17, 15) is 0 Å². The normalized spacial score (nSPS) is 10.7. The first-order chi connectivity index (χ1) is 2.00. The molecule has 0 rings (SSSR count). The minimum absolute atomic E-state index is 0. The van der Waals surface area contributed by atoms with E-state index in [1.165, 1.54) is 0 Å². The molecule has 0 heterocycles. The maximum absolute atomic E-state index is 2.30. The first kappa shape index (κ1) is 11.5. The van der Waals surface area contributed by atoms with E-state index in [0.717, 1.165) is 0 Å². The molecule has 0 nitrogen and oxygen atoms in total. The van der Waals surface area contributed by atoms with Gasteiger partial charge in [-0.3, -0.25) is 0 Å². The summed E-state index contributed by atoms with van der Waals surface area (Å²) in [5.74, 6) is 0. The van der Waals surface area contributed by atoms with Gasteiger partial charge in [-0.25, -0.2) is 0 Å². The van der Waals surface area contributed by atoms with Gasteiger partial charge in [0.05, 0.1) is 0 Å². The molecule has 0 N–H and O–H groups in total. The van der Waals surface area contributed by atoms with Crippen molar-refractivity contribution >= 4 is 69.9 Å². The molecule has 0 atom stereocenters. The molecular weight excluding hydrogens is 77.7 g/mol. The molecule has 0 saturated heterocycles. The second kappa shape index (κ2) is 4.61. The summed E-state index contributed by atoms with van der Waals surface area (Å²) in [5.41, 5.74) is 0. The van der Waals surface area contributed by atoms with Crippen LogP contribution in [0.25, 0.3) is 0 Å². The van der Waals surface area contributed by atoms with E-state index < -0.39 is 0 Å². The second-order valence-electron chi connectivity index (χ2n) is 2.68. The molecule has 6 heteroatoms. The summed E-state index contributed by atoms with van der Waals surface area (Å²) in [6.07, 6.45) is 0. The van der Waals surface area contributed by atoms with Gasteiger partial charge in [0.1, 0.15) is 0 Å². The quantitative estimate of drug-likeness (QED) is 0.207. The molecule has 6 heavy (non-hydrogen) atoms. The van der Waals surface area contributed by atoms with Crippen molar-refractivity contribution in [2.24, 2.45) is 0 Å². The molecule has 0 aliphatic heterocycles. The third-order valence-electron chi connectivity index (χ3n) is 0. The van der Waals surface area contributed by atoms with Gasteiger partial charge in [-0.2, -0.15) is 0 Å². The van der Waals surface area contributed by atoms with Gasteiger partial charge in [0.25, 0.3) is 0 Å². The predicted octanol–water partition coefficient (Wildman–Crippen LogP) is -3.66. The zero-order valence-corrected chi connectivity index (χ0v) is 5.72. The van der Waals surface area contributed by atoms with Crippen LogP contribution < -0.4 is 4.70 Å². The maximum atomic E-state index is 2.30. The van der Waals surface area contributed by atoms with Gasteiger partial charge in [-0.15, -0.1) is 0 Å². The van der Waals surface area contributed by atoms with E-state index in [4.69, 9.17) is 0 Å². The van der Waals surface area contributed by atoms with Crippen LogP contribution in [-0.2, 0) is 0 Å². The molecule has 0 unspecified atom stereocenters. The summed E-state index contributed by atoms with van der Waals surface area (Å²) in [5, 5.41) is 0. The topological polar surface area (TPSA) is 0 Å². The van der Waals surface area contributed by atoms with Gasteiger partial charge in [-0.1, -0.05) is 0 Å². The summed E-state index contributed by atoms with van der Waals surface area (Å²) >= 11 is 9.19. The first-order valence-electron chi connectivity index (χ1n) is 1.79. The molecule has 16 valence electrons. The van der Waals surface area contributed by atoms with Crippen LogP contribution in [0, 0.1) is 0 Å². The van der Waals surface area contributed by atoms with Crippen molar-refractivity contribution in [1.82, 2.24) is 0 Å². The molecule has 0 amide bonds. The second-order valence-corrected chi connectivity index (χ2v) is 8.05. The average molecular weight is 77.7 g/mol. The summed E-state index contributed by atoms with van der Waals surface area (Å²) in [4.78, 5) is 0. The minimum atomic E-state index is -0.389. The molecule has 0 aliphatic carbocycles. The van der Waals surface area contributed by atoms with E-state index in [1.54, 1.807) is 0 Å². The third-order valence-corrected chi connectivity index (χ3v) is 0. The van der Waals surface area contributed by atoms with Gasteiger partial charge >= 0.3 is 69.9 Å². The number of rotatable bonds is 0. The number of halogens is 1.